The zero-order valence-corrected chi connectivity index (χ0v) is 13.1. The van der Waals surface area contributed by atoms with Gasteiger partial charge in [0.15, 0.2) is 0 Å². The largest absolute Gasteiger partial charge is 0.477 e. The van der Waals surface area contributed by atoms with Crippen molar-refractivity contribution >= 4 is 17.6 Å². The first-order valence-corrected chi connectivity index (χ1v) is 7.39. The molecule has 3 aromatic rings. The maximum atomic E-state index is 13.4. The number of aromatic carboxylic acids is 1. The minimum Gasteiger partial charge on any atom is -0.477 e. The van der Waals surface area contributed by atoms with Gasteiger partial charge in [0.1, 0.15) is 11.4 Å². The highest BCUT2D eigenvalue weighted by Crippen LogP contribution is 2.14. The van der Waals surface area contributed by atoms with E-state index in [-0.39, 0.29) is 12.1 Å². The summed E-state index contributed by atoms with van der Waals surface area (Å²) in [6, 6.07) is 12.3. The molecule has 1 heterocycles. The molecule has 0 aliphatic rings. The maximum Gasteiger partial charge on any atom is 0.342 e. The number of hydrogen-bond acceptors (Lipinski definition) is 2. The summed E-state index contributed by atoms with van der Waals surface area (Å²) in [7, 11) is 0. The molecule has 0 saturated heterocycles. The molecule has 2 aromatic carbocycles. The summed E-state index contributed by atoms with van der Waals surface area (Å²) in [5.41, 5.74) is 0.0422. The van der Waals surface area contributed by atoms with E-state index in [1.165, 1.54) is 27.7 Å². The standard InChI is InChI=1S/C17H12ClFN2O3/c18-12-4-6-14(7-5-12)21-16(22)15(17(23)24)10-20(21)9-11-2-1-3-13(19)8-11/h1-8,10H,9H2,(H,23,24). The van der Waals surface area contributed by atoms with Crippen LogP contribution < -0.4 is 5.56 Å². The zero-order chi connectivity index (χ0) is 17.3. The molecule has 122 valence electrons. The van der Waals surface area contributed by atoms with Crippen LogP contribution in [0.15, 0.2) is 59.5 Å². The van der Waals surface area contributed by atoms with Crippen LogP contribution in [0.1, 0.15) is 15.9 Å². The Kier molecular flexibility index (Phi) is 4.22. The van der Waals surface area contributed by atoms with E-state index in [0.717, 1.165) is 0 Å². The lowest BCUT2D eigenvalue weighted by molar-refractivity contribution is 0.0695. The second-order valence-electron chi connectivity index (χ2n) is 5.17. The number of carbonyl (C=O) groups is 1. The molecule has 0 aliphatic heterocycles. The van der Waals surface area contributed by atoms with E-state index in [9.17, 15) is 19.1 Å². The molecular weight excluding hydrogens is 335 g/mol. The van der Waals surface area contributed by atoms with E-state index in [2.05, 4.69) is 0 Å². The van der Waals surface area contributed by atoms with Crippen LogP contribution in [-0.2, 0) is 6.54 Å². The normalized spacial score (nSPS) is 10.8. The van der Waals surface area contributed by atoms with Crippen LogP contribution in [0.5, 0.6) is 0 Å². The minimum absolute atomic E-state index is 0.142. The van der Waals surface area contributed by atoms with Crippen molar-refractivity contribution in [2.24, 2.45) is 0 Å². The molecule has 3 rings (SSSR count). The molecule has 0 radical (unpaired) electrons. The van der Waals surface area contributed by atoms with Crippen molar-refractivity contribution < 1.29 is 14.3 Å². The number of nitrogens with zero attached hydrogens (tertiary/aromatic N) is 2. The highest BCUT2D eigenvalue weighted by Gasteiger charge is 2.18. The number of benzene rings is 2. The van der Waals surface area contributed by atoms with Crippen LogP contribution in [0.3, 0.4) is 0 Å². The fourth-order valence-corrected chi connectivity index (χ4v) is 2.55. The molecule has 5 nitrogen and oxygen atoms in total. The summed E-state index contributed by atoms with van der Waals surface area (Å²) in [4.78, 5) is 23.7. The van der Waals surface area contributed by atoms with Crippen LogP contribution in [-0.4, -0.2) is 20.4 Å². The van der Waals surface area contributed by atoms with Gasteiger partial charge in [-0.15, -0.1) is 0 Å². The third-order valence-corrected chi connectivity index (χ3v) is 3.74. The van der Waals surface area contributed by atoms with Crippen molar-refractivity contribution in [2.75, 3.05) is 0 Å². The van der Waals surface area contributed by atoms with E-state index in [1.807, 2.05) is 0 Å². The van der Waals surface area contributed by atoms with Gasteiger partial charge >= 0.3 is 5.97 Å². The Bertz CT molecular complexity index is 961. The molecule has 1 aromatic heterocycles. The molecule has 0 fully saturated rings. The molecule has 0 unspecified atom stereocenters. The van der Waals surface area contributed by atoms with Crippen molar-refractivity contribution in [1.29, 1.82) is 0 Å². The average molecular weight is 347 g/mol. The Morgan fingerprint density at radius 2 is 1.88 bits per heavy atom. The molecule has 0 aliphatic carbocycles. The van der Waals surface area contributed by atoms with Gasteiger partial charge in [-0.3, -0.25) is 9.48 Å². The quantitative estimate of drug-likeness (QED) is 0.789. The highest BCUT2D eigenvalue weighted by atomic mass is 35.5. The third-order valence-electron chi connectivity index (χ3n) is 3.49. The molecule has 0 atom stereocenters. The van der Waals surface area contributed by atoms with Crippen LogP contribution in [0.25, 0.3) is 5.69 Å². The molecule has 24 heavy (non-hydrogen) atoms. The molecule has 7 heteroatoms. The molecule has 0 amide bonds. The Morgan fingerprint density at radius 1 is 1.17 bits per heavy atom. The van der Waals surface area contributed by atoms with E-state index in [1.54, 1.807) is 36.4 Å². The first kappa shape index (κ1) is 16.0. The number of aromatic nitrogens is 2. The van der Waals surface area contributed by atoms with E-state index >= 15 is 0 Å². The van der Waals surface area contributed by atoms with E-state index in [0.29, 0.717) is 16.3 Å². The van der Waals surface area contributed by atoms with Crippen LogP contribution in [0.2, 0.25) is 5.02 Å². The van der Waals surface area contributed by atoms with Crippen molar-refractivity contribution in [3.05, 3.63) is 87.0 Å². The van der Waals surface area contributed by atoms with Gasteiger partial charge < -0.3 is 5.11 Å². The van der Waals surface area contributed by atoms with Crippen molar-refractivity contribution in [2.45, 2.75) is 6.54 Å². The number of carboxylic acids is 1. The highest BCUT2D eigenvalue weighted by molar-refractivity contribution is 6.30. The number of hydrogen-bond donors (Lipinski definition) is 1. The van der Waals surface area contributed by atoms with Gasteiger partial charge in [0.05, 0.1) is 12.2 Å². The van der Waals surface area contributed by atoms with E-state index < -0.39 is 17.3 Å². The fourth-order valence-electron chi connectivity index (χ4n) is 2.43. The summed E-state index contributed by atoms with van der Waals surface area (Å²) in [5.74, 6) is -1.72. The average Bonchev–Trinajstić information content (AvgIpc) is 2.85. The predicted molar refractivity (Wildman–Crippen MR) is 87.5 cm³/mol. The zero-order valence-electron chi connectivity index (χ0n) is 12.3. The van der Waals surface area contributed by atoms with Gasteiger partial charge in [0.25, 0.3) is 5.56 Å². The van der Waals surface area contributed by atoms with Crippen molar-refractivity contribution in [1.82, 2.24) is 9.36 Å². The van der Waals surface area contributed by atoms with Crippen LogP contribution in [0, 0.1) is 5.82 Å². The molecule has 0 bridgehead atoms. The lowest BCUT2D eigenvalue weighted by Crippen LogP contribution is -2.24. The fraction of sp³-hybridized carbons (Fsp3) is 0.0588. The van der Waals surface area contributed by atoms with Crippen LogP contribution in [0.4, 0.5) is 4.39 Å². The lowest BCUT2D eigenvalue weighted by atomic mass is 10.2. The lowest BCUT2D eigenvalue weighted by Gasteiger charge is -2.12. The van der Waals surface area contributed by atoms with Gasteiger partial charge in [-0.1, -0.05) is 23.7 Å². The SMILES string of the molecule is O=C(O)c1cn(Cc2cccc(F)c2)n(-c2ccc(Cl)cc2)c1=O. The van der Waals surface area contributed by atoms with E-state index in [4.69, 9.17) is 11.6 Å². The van der Waals surface area contributed by atoms with Crippen LogP contribution >= 0.6 is 11.6 Å². The minimum atomic E-state index is -1.32. The Hall–Kier alpha value is -2.86. The molecular formula is C17H12ClFN2O3. The Balaban J connectivity index is 2.14. The summed E-state index contributed by atoms with van der Waals surface area (Å²) in [5, 5.41) is 9.69. The van der Waals surface area contributed by atoms with Crippen molar-refractivity contribution in [3.63, 3.8) is 0 Å². The third kappa shape index (κ3) is 3.09. The van der Waals surface area contributed by atoms with Gasteiger partial charge in [-0.2, -0.15) is 0 Å². The summed E-state index contributed by atoms with van der Waals surface area (Å²) in [6.45, 7) is 0.142. The first-order chi connectivity index (χ1) is 11.5. The van der Waals surface area contributed by atoms with Gasteiger partial charge in [-0.05, 0) is 42.0 Å². The van der Waals surface area contributed by atoms with Crippen molar-refractivity contribution in [3.8, 4) is 5.69 Å². The molecule has 0 saturated carbocycles. The molecule has 1 N–H and O–H groups in total. The summed E-state index contributed by atoms with van der Waals surface area (Å²) in [6.07, 6.45) is 1.24. The topological polar surface area (TPSA) is 64.2 Å². The maximum absolute atomic E-state index is 13.4. The first-order valence-electron chi connectivity index (χ1n) is 7.02. The van der Waals surface area contributed by atoms with Gasteiger partial charge in [0, 0.05) is 11.2 Å². The Labute approximate surface area is 141 Å². The second-order valence-corrected chi connectivity index (χ2v) is 5.61. The number of carboxylic acid groups (broad SMARTS) is 1. The van der Waals surface area contributed by atoms with Gasteiger partial charge in [0.2, 0.25) is 0 Å². The summed E-state index contributed by atoms with van der Waals surface area (Å²) < 4.78 is 16.0. The number of halogens is 2. The monoisotopic (exact) mass is 346 g/mol. The smallest absolute Gasteiger partial charge is 0.342 e. The number of rotatable bonds is 4. The van der Waals surface area contributed by atoms with Gasteiger partial charge in [-0.25, -0.2) is 13.9 Å². The molecule has 0 spiro atoms. The Morgan fingerprint density at radius 3 is 2.50 bits per heavy atom. The summed E-state index contributed by atoms with van der Waals surface area (Å²) >= 11 is 5.85. The predicted octanol–water partition coefficient (Wildman–Crippen LogP) is 3.18. The second kappa shape index (κ2) is 6.33.